The van der Waals surface area contributed by atoms with Crippen molar-refractivity contribution in [1.29, 1.82) is 0 Å². The summed E-state index contributed by atoms with van der Waals surface area (Å²) in [4.78, 5) is 11.1. The molecule has 0 spiro atoms. The quantitative estimate of drug-likeness (QED) is 0.500. The van der Waals surface area contributed by atoms with Crippen LogP contribution in [0.15, 0.2) is 0 Å². The normalized spacial score (nSPS) is 11.7. The van der Waals surface area contributed by atoms with Crippen molar-refractivity contribution in [2.24, 2.45) is 0 Å². The third-order valence-corrected chi connectivity index (χ3v) is 3.82. The van der Waals surface area contributed by atoms with E-state index >= 15 is 0 Å². The SMILES string of the molecule is CCCN(CC(=O)OCC)S(=O)(=O)CCl. The van der Waals surface area contributed by atoms with Gasteiger partial charge in [0.25, 0.3) is 0 Å². The van der Waals surface area contributed by atoms with Gasteiger partial charge in [-0.05, 0) is 13.3 Å². The van der Waals surface area contributed by atoms with E-state index in [2.05, 4.69) is 4.74 Å². The number of carbonyl (C=O) groups is 1. The van der Waals surface area contributed by atoms with Crippen molar-refractivity contribution in [3.05, 3.63) is 0 Å². The maximum atomic E-state index is 11.4. The summed E-state index contributed by atoms with van der Waals surface area (Å²) < 4.78 is 28.5. The zero-order valence-corrected chi connectivity index (χ0v) is 10.5. The molecule has 0 unspecified atom stereocenters. The van der Waals surface area contributed by atoms with Crippen LogP contribution in [0.1, 0.15) is 20.3 Å². The summed E-state index contributed by atoms with van der Waals surface area (Å²) in [6.45, 7) is 3.73. The van der Waals surface area contributed by atoms with Gasteiger partial charge in [0.15, 0.2) is 0 Å². The molecule has 0 radical (unpaired) electrons. The van der Waals surface area contributed by atoms with E-state index in [1.54, 1.807) is 6.92 Å². The highest BCUT2D eigenvalue weighted by Gasteiger charge is 2.23. The second-order valence-electron chi connectivity index (χ2n) is 2.86. The predicted octanol–water partition coefficient (Wildman–Crippen LogP) is 0.788. The molecule has 7 heteroatoms. The Balaban J connectivity index is 4.48. The molecule has 0 aromatic carbocycles. The van der Waals surface area contributed by atoms with E-state index in [1.807, 2.05) is 6.92 Å². The number of halogens is 1. The van der Waals surface area contributed by atoms with E-state index in [1.165, 1.54) is 0 Å². The lowest BCUT2D eigenvalue weighted by atomic mass is 10.5. The molecule has 0 bridgehead atoms. The van der Waals surface area contributed by atoms with Crippen molar-refractivity contribution < 1.29 is 17.9 Å². The second kappa shape index (κ2) is 7.03. The Kier molecular flexibility index (Phi) is 6.87. The molecule has 0 heterocycles. The van der Waals surface area contributed by atoms with Gasteiger partial charge in [-0.1, -0.05) is 6.92 Å². The van der Waals surface area contributed by atoms with E-state index < -0.39 is 21.2 Å². The maximum Gasteiger partial charge on any atom is 0.321 e. The number of sulfonamides is 1. The third kappa shape index (κ3) is 5.34. The Labute approximate surface area is 95.4 Å². The Bertz CT molecular complexity index is 291. The van der Waals surface area contributed by atoms with E-state index in [9.17, 15) is 13.2 Å². The Morgan fingerprint density at radius 2 is 2.00 bits per heavy atom. The lowest BCUT2D eigenvalue weighted by Crippen LogP contribution is -2.37. The molecule has 0 aromatic rings. The first-order valence-electron chi connectivity index (χ1n) is 4.67. The van der Waals surface area contributed by atoms with Crippen molar-refractivity contribution in [2.45, 2.75) is 20.3 Å². The molecule has 0 atom stereocenters. The van der Waals surface area contributed by atoms with E-state index in [4.69, 9.17) is 11.6 Å². The highest BCUT2D eigenvalue weighted by atomic mass is 35.5. The zero-order chi connectivity index (χ0) is 11.9. The van der Waals surface area contributed by atoms with Crippen LogP contribution in [-0.4, -0.2) is 43.6 Å². The number of carbonyl (C=O) groups excluding carboxylic acids is 1. The van der Waals surface area contributed by atoms with Crippen LogP contribution < -0.4 is 0 Å². The van der Waals surface area contributed by atoms with Gasteiger partial charge in [0.05, 0.1) is 6.61 Å². The number of nitrogens with zero attached hydrogens (tertiary/aromatic N) is 1. The standard InChI is InChI=1S/C8H16ClNO4S/c1-3-5-10(15(12,13)7-9)6-8(11)14-4-2/h3-7H2,1-2H3. The zero-order valence-electron chi connectivity index (χ0n) is 8.90. The van der Waals surface area contributed by atoms with E-state index in [-0.39, 0.29) is 19.7 Å². The summed E-state index contributed by atoms with van der Waals surface area (Å²) in [5.74, 6) is -0.556. The lowest BCUT2D eigenvalue weighted by molar-refractivity contribution is -0.143. The summed E-state index contributed by atoms with van der Waals surface area (Å²) in [5.41, 5.74) is 0. The summed E-state index contributed by atoms with van der Waals surface area (Å²) in [7, 11) is -3.54. The molecule has 0 aliphatic heterocycles. The van der Waals surface area contributed by atoms with Gasteiger partial charge in [-0.15, -0.1) is 11.6 Å². The number of hydrogen-bond donors (Lipinski definition) is 0. The number of esters is 1. The van der Waals surface area contributed by atoms with Crippen molar-refractivity contribution >= 4 is 27.6 Å². The molecule has 0 saturated heterocycles. The summed E-state index contributed by atoms with van der Waals surface area (Å²) in [6.07, 6.45) is 0.621. The van der Waals surface area contributed by atoms with Crippen molar-refractivity contribution in [3.8, 4) is 0 Å². The fourth-order valence-corrected chi connectivity index (χ4v) is 2.30. The number of alkyl halides is 1. The summed E-state index contributed by atoms with van der Waals surface area (Å²) in [6, 6.07) is 0. The first kappa shape index (κ1) is 14.7. The van der Waals surface area contributed by atoms with Crippen LogP contribution >= 0.6 is 11.6 Å². The number of ether oxygens (including phenoxy) is 1. The minimum absolute atomic E-state index is 0.236. The predicted molar refractivity (Wildman–Crippen MR) is 58.1 cm³/mol. The lowest BCUT2D eigenvalue weighted by Gasteiger charge is -2.18. The Morgan fingerprint density at radius 1 is 1.40 bits per heavy atom. The largest absolute Gasteiger partial charge is 0.465 e. The molecule has 90 valence electrons. The molecule has 0 N–H and O–H groups in total. The van der Waals surface area contributed by atoms with Gasteiger partial charge in [0.1, 0.15) is 11.8 Å². The second-order valence-corrected chi connectivity index (χ2v) is 5.41. The molecule has 0 saturated carbocycles. The van der Waals surface area contributed by atoms with Crippen molar-refractivity contribution in [2.75, 3.05) is 24.9 Å². The van der Waals surface area contributed by atoms with Crippen LogP contribution in [0.4, 0.5) is 0 Å². The molecule has 0 rings (SSSR count). The van der Waals surface area contributed by atoms with Crippen LogP contribution in [0.5, 0.6) is 0 Å². The van der Waals surface area contributed by atoms with Crippen LogP contribution in [0.3, 0.4) is 0 Å². The van der Waals surface area contributed by atoms with Crippen molar-refractivity contribution in [1.82, 2.24) is 4.31 Å². The van der Waals surface area contributed by atoms with Gasteiger partial charge >= 0.3 is 5.97 Å². The van der Waals surface area contributed by atoms with E-state index in [0.29, 0.717) is 6.42 Å². The smallest absolute Gasteiger partial charge is 0.321 e. The molecule has 0 amide bonds. The Morgan fingerprint density at radius 3 is 2.40 bits per heavy atom. The summed E-state index contributed by atoms with van der Waals surface area (Å²) in [5, 5.41) is -0.521. The summed E-state index contributed by atoms with van der Waals surface area (Å²) >= 11 is 5.30. The molecule has 0 aromatic heterocycles. The molecule has 0 aliphatic carbocycles. The molecule has 5 nitrogen and oxygen atoms in total. The van der Waals surface area contributed by atoms with Gasteiger partial charge < -0.3 is 4.74 Å². The number of rotatable bonds is 7. The van der Waals surface area contributed by atoms with Crippen LogP contribution in [0.25, 0.3) is 0 Å². The van der Waals surface area contributed by atoms with Gasteiger partial charge in [0.2, 0.25) is 10.0 Å². The van der Waals surface area contributed by atoms with Crippen LogP contribution in [-0.2, 0) is 19.6 Å². The molecule has 0 fully saturated rings. The first-order valence-corrected chi connectivity index (χ1v) is 6.81. The molecular formula is C8H16ClNO4S. The van der Waals surface area contributed by atoms with Crippen LogP contribution in [0.2, 0.25) is 0 Å². The van der Waals surface area contributed by atoms with Crippen molar-refractivity contribution in [3.63, 3.8) is 0 Å². The fourth-order valence-electron chi connectivity index (χ4n) is 0.986. The van der Waals surface area contributed by atoms with E-state index in [0.717, 1.165) is 4.31 Å². The maximum absolute atomic E-state index is 11.4. The average molecular weight is 258 g/mol. The van der Waals surface area contributed by atoms with Crippen LogP contribution in [0, 0.1) is 0 Å². The fraction of sp³-hybridized carbons (Fsp3) is 0.875. The molecule has 15 heavy (non-hydrogen) atoms. The molecular weight excluding hydrogens is 242 g/mol. The van der Waals surface area contributed by atoms with Gasteiger partial charge in [-0.25, -0.2) is 8.42 Å². The topological polar surface area (TPSA) is 63.7 Å². The minimum atomic E-state index is -3.54. The van der Waals surface area contributed by atoms with Gasteiger partial charge in [0, 0.05) is 6.54 Å². The highest BCUT2D eigenvalue weighted by Crippen LogP contribution is 2.05. The Hall–Kier alpha value is -0.330. The monoisotopic (exact) mass is 257 g/mol. The van der Waals surface area contributed by atoms with Gasteiger partial charge in [-0.2, -0.15) is 4.31 Å². The highest BCUT2D eigenvalue weighted by molar-refractivity contribution is 7.90. The minimum Gasteiger partial charge on any atom is -0.465 e. The molecule has 0 aliphatic rings. The third-order valence-electron chi connectivity index (χ3n) is 1.62. The first-order chi connectivity index (χ1) is 6.97. The van der Waals surface area contributed by atoms with Gasteiger partial charge in [-0.3, -0.25) is 4.79 Å². The average Bonchev–Trinajstić information content (AvgIpc) is 2.17. The number of hydrogen-bond acceptors (Lipinski definition) is 4.